The number of hydrogen-bond donors (Lipinski definition) is 0. The average molecular weight is 442 g/mol. The Morgan fingerprint density at radius 2 is 1.76 bits per heavy atom. The second kappa shape index (κ2) is 7.54. The summed E-state index contributed by atoms with van der Waals surface area (Å²) in [6.45, 7) is 3.87. The topological polar surface area (TPSA) is 51.0 Å². The van der Waals surface area contributed by atoms with Crippen LogP contribution in [0, 0.1) is 11.6 Å². The number of halogens is 2. The summed E-state index contributed by atoms with van der Waals surface area (Å²) in [5.41, 5.74) is 2.98. The molecule has 0 atom stereocenters. The van der Waals surface area contributed by atoms with E-state index in [0.29, 0.717) is 22.4 Å². The van der Waals surface area contributed by atoms with Crippen LogP contribution in [-0.2, 0) is 11.9 Å². The number of pyridine rings is 1. The molecule has 1 aliphatic heterocycles. The fourth-order valence-electron chi connectivity index (χ4n) is 4.66. The Hall–Kier alpha value is -3.48. The molecule has 0 bridgehead atoms. The zero-order valence-corrected chi connectivity index (χ0v) is 18.9. The van der Waals surface area contributed by atoms with Crippen LogP contribution in [0.2, 0.25) is 0 Å². The van der Waals surface area contributed by atoms with Crippen molar-refractivity contribution in [3.63, 3.8) is 0 Å². The summed E-state index contributed by atoms with van der Waals surface area (Å²) in [7, 11) is 3.67. The van der Waals surface area contributed by atoms with Gasteiger partial charge in [-0.1, -0.05) is 12.1 Å². The van der Waals surface area contributed by atoms with Crippen molar-refractivity contribution in [2.45, 2.75) is 31.8 Å². The van der Waals surface area contributed by atoms with E-state index in [0.717, 1.165) is 10.9 Å². The van der Waals surface area contributed by atoms with Crippen molar-refractivity contribution >= 4 is 32.5 Å². The van der Waals surface area contributed by atoms with Crippen LogP contribution < -0.4 is 0 Å². The lowest BCUT2D eigenvalue weighted by molar-refractivity contribution is 0.0727. The van der Waals surface area contributed by atoms with Gasteiger partial charge in [0.05, 0.1) is 29.5 Å². The van der Waals surface area contributed by atoms with E-state index in [9.17, 15) is 4.79 Å². The number of hydrogen-bond acceptors (Lipinski definition) is 3. The first-order chi connectivity index (χ1) is 15.7. The van der Waals surface area contributed by atoms with Gasteiger partial charge < -0.3 is 4.90 Å². The Balaban J connectivity index is 1.54. The molecule has 33 heavy (non-hydrogen) atoms. The highest BCUT2D eigenvalue weighted by atomic mass is 19.1. The van der Waals surface area contributed by atoms with Crippen LogP contribution in [0.5, 0.6) is 0 Å². The molecule has 0 spiro atoms. The molecule has 4 aromatic rings. The maximum Gasteiger partial charge on any atom is 0.255 e. The van der Waals surface area contributed by atoms with E-state index in [1.807, 2.05) is 52.4 Å². The van der Waals surface area contributed by atoms with Crippen molar-refractivity contribution in [2.75, 3.05) is 0 Å². The van der Waals surface area contributed by atoms with E-state index < -0.39 is 17.0 Å². The van der Waals surface area contributed by atoms with Gasteiger partial charge in [-0.15, -0.1) is 0 Å². The van der Waals surface area contributed by atoms with E-state index in [1.54, 1.807) is 24.5 Å². The highest BCUT2D eigenvalue weighted by molar-refractivity contribution is 6.42. The van der Waals surface area contributed by atoms with Crippen molar-refractivity contribution < 1.29 is 13.6 Å². The summed E-state index contributed by atoms with van der Waals surface area (Å²) < 4.78 is 32.4. The molecule has 0 aliphatic carbocycles. The minimum atomic E-state index is -0.776. The van der Waals surface area contributed by atoms with Crippen LogP contribution in [0.25, 0.3) is 22.0 Å². The third kappa shape index (κ3) is 3.25. The average Bonchev–Trinajstić information content (AvgIpc) is 3.29. The monoisotopic (exact) mass is 442 g/mol. The highest BCUT2D eigenvalue weighted by Crippen LogP contribution is 2.36. The maximum atomic E-state index is 15.3. The van der Waals surface area contributed by atoms with Gasteiger partial charge in [-0.2, -0.15) is 5.10 Å². The van der Waals surface area contributed by atoms with Crippen molar-refractivity contribution in [3.05, 3.63) is 83.3 Å². The third-order valence-corrected chi connectivity index (χ3v) is 6.44. The van der Waals surface area contributed by atoms with Crippen molar-refractivity contribution in [3.8, 4) is 11.1 Å². The molecule has 9 heteroatoms. The standard InChI is InChI=1S/C24H22B2F2N4O/c1-13(2)32-21-7-3-5-15(17(21)11-30-32)14-9-19(27)18(20(28)10-14)12-31-23(33)16-6-4-8-29-22(16)24(31,25)26/h3-11,13H,12,25-26H2,1-2H3. The Morgan fingerprint density at radius 3 is 2.42 bits per heavy atom. The molecule has 164 valence electrons. The van der Waals surface area contributed by atoms with Gasteiger partial charge in [-0.25, -0.2) is 8.78 Å². The van der Waals surface area contributed by atoms with Gasteiger partial charge in [0.25, 0.3) is 5.91 Å². The van der Waals surface area contributed by atoms with Gasteiger partial charge >= 0.3 is 0 Å². The maximum absolute atomic E-state index is 15.3. The molecular weight excluding hydrogens is 420 g/mol. The lowest BCUT2D eigenvalue weighted by Gasteiger charge is -2.32. The third-order valence-electron chi connectivity index (χ3n) is 6.44. The van der Waals surface area contributed by atoms with Crippen molar-refractivity contribution in [2.24, 2.45) is 0 Å². The largest absolute Gasteiger partial charge is 0.339 e. The number of carbonyl (C=O) groups is 1. The molecule has 2 aromatic heterocycles. The normalized spacial score (nSPS) is 14.9. The fraction of sp³-hybridized carbons (Fsp3) is 0.208. The fourth-order valence-corrected chi connectivity index (χ4v) is 4.66. The lowest BCUT2D eigenvalue weighted by Crippen LogP contribution is -2.45. The minimum Gasteiger partial charge on any atom is -0.339 e. The predicted molar refractivity (Wildman–Crippen MR) is 128 cm³/mol. The SMILES string of the molecule is BC1(B)c2ncccc2C(=O)N1Cc1c(F)cc(-c2cccc3c2cnn3C(C)C)cc1F. The number of aromatic nitrogens is 3. The molecule has 2 aromatic carbocycles. The Morgan fingerprint density at radius 1 is 1.06 bits per heavy atom. The van der Waals surface area contributed by atoms with Gasteiger partial charge in [-0.05, 0) is 55.3 Å². The summed E-state index contributed by atoms with van der Waals surface area (Å²) in [6, 6.07) is 11.8. The second-order valence-electron chi connectivity index (χ2n) is 9.19. The molecule has 0 saturated heterocycles. The minimum absolute atomic E-state index is 0.141. The van der Waals surface area contributed by atoms with Gasteiger partial charge in [0.1, 0.15) is 27.3 Å². The second-order valence-corrected chi connectivity index (χ2v) is 9.19. The molecule has 5 nitrogen and oxygen atoms in total. The van der Waals surface area contributed by atoms with Crippen molar-refractivity contribution in [1.29, 1.82) is 0 Å². The van der Waals surface area contributed by atoms with Crippen LogP contribution in [0.1, 0.15) is 41.5 Å². The van der Waals surface area contributed by atoms with Gasteiger partial charge in [0, 0.05) is 28.5 Å². The Kier molecular flexibility index (Phi) is 4.88. The molecule has 0 fully saturated rings. The molecule has 0 unspecified atom stereocenters. The molecule has 1 aliphatic rings. The summed E-state index contributed by atoms with van der Waals surface area (Å²) in [5, 5.41) is 4.49. The first kappa shape index (κ1) is 21.4. The van der Waals surface area contributed by atoms with Gasteiger partial charge in [-0.3, -0.25) is 14.5 Å². The first-order valence-corrected chi connectivity index (χ1v) is 10.9. The smallest absolute Gasteiger partial charge is 0.255 e. The van der Waals surface area contributed by atoms with Gasteiger partial charge in [0.15, 0.2) is 0 Å². The van der Waals surface area contributed by atoms with E-state index in [4.69, 9.17) is 0 Å². The first-order valence-electron chi connectivity index (χ1n) is 10.9. The molecule has 1 amide bonds. The van der Waals surface area contributed by atoms with Crippen LogP contribution in [0.3, 0.4) is 0 Å². The van der Waals surface area contributed by atoms with Crippen LogP contribution in [0.4, 0.5) is 8.78 Å². The van der Waals surface area contributed by atoms with E-state index in [-0.39, 0.29) is 24.1 Å². The molecule has 0 saturated carbocycles. The molecular formula is C24H22B2F2N4O. The Bertz CT molecular complexity index is 1390. The van der Waals surface area contributed by atoms with Crippen molar-refractivity contribution in [1.82, 2.24) is 19.7 Å². The number of benzene rings is 2. The number of nitrogens with zero attached hydrogens (tertiary/aromatic N) is 4. The quantitative estimate of drug-likeness (QED) is 0.457. The van der Waals surface area contributed by atoms with Crippen LogP contribution in [-0.4, -0.2) is 41.3 Å². The highest BCUT2D eigenvalue weighted by Gasteiger charge is 2.44. The summed E-state index contributed by atoms with van der Waals surface area (Å²) in [6.07, 6.45) is 3.35. The number of amides is 1. The predicted octanol–water partition coefficient (Wildman–Crippen LogP) is 2.99. The molecule has 0 N–H and O–H groups in total. The lowest BCUT2D eigenvalue weighted by atomic mass is 9.59. The number of carbonyl (C=O) groups excluding carboxylic acids is 1. The summed E-state index contributed by atoms with van der Waals surface area (Å²) in [5.74, 6) is -1.66. The number of rotatable bonds is 4. The van der Waals surface area contributed by atoms with E-state index in [1.165, 1.54) is 17.0 Å². The molecule has 5 rings (SSSR count). The summed E-state index contributed by atoms with van der Waals surface area (Å²) in [4.78, 5) is 18.8. The molecule has 0 radical (unpaired) electrons. The zero-order valence-electron chi connectivity index (χ0n) is 18.9. The van der Waals surface area contributed by atoms with E-state index in [2.05, 4.69) is 10.1 Å². The van der Waals surface area contributed by atoms with Gasteiger partial charge in [0.2, 0.25) is 0 Å². The van der Waals surface area contributed by atoms with Crippen LogP contribution in [0.15, 0.2) is 54.9 Å². The molecule has 3 heterocycles. The zero-order chi connectivity index (χ0) is 23.5. The Labute approximate surface area is 192 Å². The summed E-state index contributed by atoms with van der Waals surface area (Å²) >= 11 is 0. The van der Waals surface area contributed by atoms with Crippen LogP contribution >= 0.6 is 0 Å². The van der Waals surface area contributed by atoms with E-state index >= 15 is 8.78 Å². The number of fused-ring (bicyclic) bond motifs is 2.